The van der Waals surface area contributed by atoms with Gasteiger partial charge in [-0.2, -0.15) is 0 Å². The van der Waals surface area contributed by atoms with Crippen LogP contribution >= 0.6 is 7.92 Å². The molecule has 0 N–H and O–H groups in total. The van der Waals surface area contributed by atoms with E-state index in [1.165, 1.54) is 32.9 Å². The predicted molar refractivity (Wildman–Crippen MR) is 146 cm³/mol. The summed E-state index contributed by atoms with van der Waals surface area (Å²) in [6.45, 7) is 20.5. The van der Waals surface area contributed by atoms with E-state index in [4.69, 9.17) is 18.9 Å². The first-order valence-corrected chi connectivity index (χ1v) is 13.7. The lowest BCUT2D eigenvalue weighted by molar-refractivity contribution is 0.0506. The fourth-order valence-electron chi connectivity index (χ4n) is 4.16. The summed E-state index contributed by atoms with van der Waals surface area (Å²) in [4.78, 5) is 0. The summed E-state index contributed by atoms with van der Waals surface area (Å²) in [5.41, 5.74) is 4.80. The number of benzene rings is 2. The molecular weight excluding hydrogens is 443 g/mol. The van der Waals surface area contributed by atoms with Crippen molar-refractivity contribution >= 4 is 18.5 Å². The van der Waals surface area contributed by atoms with Gasteiger partial charge in [0.05, 0.1) is 0 Å². The lowest BCUT2D eigenvalue weighted by Gasteiger charge is -2.31. The van der Waals surface area contributed by atoms with Crippen molar-refractivity contribution in [2.75, 3.05) is 34.0 Å². The second-order valence-corrected chi connectivity index (χ2v) is 13.3. The van der Waals surface area contributed by atoms with Gasteiger partial charge in [-0.1, -0.05) is 67.0 Å². The van der Waals surface area contributed by atoms with Crippen LogP contribution in [0.5, 0.6) is 11.5 Å². The van der Waals surface area contributed by atoms with Gasteiger partial charge < -0.3 is 18.9 Å². The molecule has 0 bridgehead atoms. The maximum atomic E-state index is 6.32. The molecule has 2 aromatic carbocycles. The molecule has 4 nitrogen and oxygen atoms in total. The Bertz CT molecular complexity index is 879. The fourth-order valence-corrected chi connectivity index (χ4v) is 6.92. The van der Waals surface area contributed by atoms with E-state index in [2.05, 4.69) is 86.6 Å². The third-order valence-electron chi connectivity index (χ3n) is 5.71. The van der Waals surface area contributed by atoms with E-state index >= 15 is 0 Å². The molecule has 0 fully saturated rings. The van der Waals surface area contributed by atoms with E-state index in [1.54, 1.807) is 14.2 Å². The third-order valence-corrected chi connectivity index (χ3v) is 8.44. The molecule has 0 aromatic heterocycles. The van der Waals surface area contributed by atoms with Crippen molar-refractivity contribution < 1.29 is 18.9 Å². The van der Waals surface area contributed by atoms with Gasteiger partial charge >= 0.3 is 0 Å². The molecule has 0 atom stereocenters. The Morgan fingerprint density at radius 1 is 0.676 bits per heavy atom. The zero-order valence-electron chi connectivity index (χ0n) is 23.2. The van der Waals surface area contributed by atoms with Gasteiger partial charge in [-0.15, -0.1) is 0 Å². The summed E-state index contributed by atoms with van der Waals surface area (Å²) < 4.78 is 23.3. The topological polar surface area (TPSA) is 36.9 Å². The van der Waals surface area contributed by atoms with Crippen LogP contribution in [-0.4, -0.2) is 34.0 Å². The van der Waals surface area contributed by atoms with Crippen LogP contribution in [-0.2, 0) is 20.3 Å². The van der Waals surface area contributed by atoms with Crippen LogP contribution in [0.25, 0.3) is 0 Å². The SMILES string of the molecule is CCCP(c1cc(C)cc(C(C)(C)C)c1OCOC)c1cc(C)cc(C(C)(C)C)c1OCOC. The van der Waals surface area contributed by atoms with Crippen LogP contribution in [0, 0.1) is 13.8 Å². The number of hydrogen-bond acceptors (Lipinski definition) is 4. The Balaban J connectivity index is 2.91. The largest absolute Gasteiger partial charge is 0.467 e. The first-order chi connectivity index (χ1) is 15.8. The molecule has 2 rings (SSSR count). The van der Waals surface area contributed by atoms with Crippen molar-refractivity contribution in [3.63, 3.8) is 0 Å². The Morgan fingerprint density at radius 2 is 1.06 bits per heavy atom. The van der Waals surface area contributed by atoms with Crippen molar-refractivity contribution in [2.24, 2.45) is 0 Å². The monoisotopic (exact) mass is 488 g/mol. The average molecular weight is 489 g/mol. The molecule has 0 amide bonds. The lowest BCUT2D eigenvalue weighted by atomic mass is 9.85. The van der Waals surface area contributed by atoms with E-state index in [1.807, 2.05) is 0 Å². The molecule has 2 aromatic rings. The molecule has 0 aliphatic heterocycles. The highest BCUT2D eigenvalue weighted by Crippen LogP contribution is 2.46. The van der Waals surface area contributed by atoms with Crippen LogP contribution in [0.1, 0.15) is 77.1 Å². The number of methoxy groups -OCH3 is 2. The van der Waals surface area contributed by atoms with E-state index < -0.39 is 7.92 Å². The van der Waals surface area contributed by atoms with Crippen LogP contribution in [0.15, 0.2) is 24.3 Å². The first-order valence-electron chi connectivity index (χ1n) is 12.2. The number of rotatable bonds is 10. The van der Waals surface area contributed by atoms with Crippen LogP contribution in [0.4, 0.5) is 0 Å². The van der Waals surface area contributed by atoms with Crippen molar-refractivity contribution in [3.05, 3.63) is 46.5 Å². The minimum atomic E-state index is -0.746. The molecule has 5 heteroatoms. The third kappa shape index (κ3) is 6.97. The molecule has 0 radical (unpaired) electrons. The summed E-state index contributed by atoms with van der Waals surface area (Å²) >= 11 is 0. The van der Waals surface area contributed by atoms with Gasteiger partial charge in [0.15, 0.2) is 13.6 Å². The fraction of sp³-hybridized carbons (Fsp3) is 0.586. The summed E-state index contributed by atoms with van der Waals surface area (Å²) in [6, 6.07) is 9.13. The molecule has 0 saturated heterocycles. The van der Waals surface area contributed by atoms with E-state index in [0.717, 1.165) is 24.1 Å². The highest BCUT2D eigenvalue weighted by Gasteiger charge is 2.30. The average Bonchev–Trinajstić information content (AvgIpc) is 2.73. The van der Waals surface area contributed by atoms with E-state index in [-0.39, 0.29) is 24.4 Å². The van der Waals surface area contributed by atoms with Gasteiger partial charge in [0, 0.05) is 36.0 Å². The molecule has 0 aliphatic rings. The first kappa shape index (κ1) is 28.6. The summed E-state index contributed by atoms with van der Waals surface area (Å²) in [7, 11) is 2.60. The van der Waals surface area contributed by atoms with Crippen molar-refractivity contribution in [3.8, 4) is 11.5 Å². The quantitative estimate of drug-likeness (QED) is 0.275. The maximum Gasteiger partial charge on any atom is 0.188 e. The Kier molecular flexibility index (Phi) is 10.0. The van der Waals surface area contributed by atoms with Crippen LogP contribution < -0.4 is 20.1 Å². The highest BCUT2D eigenvalue weighted by molar-refractivity contribution is 7.73. The van der Waals surface area contributed by atoms with Crippen molar-refractivity contribution in [1.29, 1.82) is 0 Å². The molecule has 0 aliphatic carbocycles. The van der Waals surface area contributed by atoms with Crippen LogP contribution in [0.3, 0.4) is 0 Å². The molecular formula is C29H45O4P. The second-order valence-electron chi connectivity index (χ2n) is 11.1. The van der Waals surface area contributed by atoms with Crippen molar-refractivity contribution in [1.82, 2.24) is 0 Å². The molecule has 34 heavy (non-hydrogen) atoms. The lowest BCUT2D eigenvalue weighted by Crippen LogP contribution is -2.26. The Morgan fingerprint density at radius 3 is 1.35 bits per heavy atom. The van der Waals surface area contributed by atoms with Crippen molar-refractivity contribution in [2.45, 2.75) is 79.6 Å². The summed E-state index contributed by atoms with van der Waals surface area (Å²) in [5.74, 6) is 1.91. The molecule has 0 spiro atoms. The van der Waals surface area contributed by atoms with Crippen LogP contribution in [0.2, 0.25) is 0 Å². The van der Waals surface area contributed by atoms with Gasteiger partial charge in [-0.25, -0.2) is 0 Å². The number of hydrogen-bond donors (Lipinski definition) is 0. The van der Waals surface area contributed by atoms with E-state index in [0.29, 0.717) is 0 Å². The maximum absolute atomic E-state index is 6.32. The van der Waals surface area contributed by atoms with Gasteiger partial charge in [0.2, 0.25) is 0 Å². The minimum absolute atomic E-state index is 0.0599. The van der Waals surface area contributed by atoms with Gasteiger partial charge in [0.25, 0.3) is 0 Å². The second kappa shape index (κ2) is 11.9. The highest BCUT2D eigenvalue weighted by atomic mass is 31.1. The smallest absolute Gasteiger partial charge is 0.188 e. The zero-order chi connectivity index (χ0) is 25.7. The summed E-state index contributed by atoms with van der Waals surface area (Å²) in [6.07, 6.45) is 2.11. The van der Waals surface area contributed by atoms with Gasteiger partial charge in [-0.3, -0.25) is 0 Å². The number of aryl methyl sites for hydroxylation is 2. The zero-order valence-corrected chi connectivity index (χ0v) is 24.1. The molecule has 0 heterocycles. The Hall–Kier alpha value is -1.61. The molecule has 0 unspecified atom stereocenters. The molecule has 190 valence electrons. The van der Waals surface area contributed by atoms with E-state index in [9.17, 15) is 0 Å². The predicted octanol–water partition coefficient (Wildman–Crippen LogP) is 6.71. The standard InChI is InChI=1S/C29H45O4P/c1-12-13-34(24-16-20(2)14-22(28(4,5)6)26(24)32-18-30-10)25-17-21(3)15-23(29(7,8)9)27(25)33-19-31-11/h14-17H,12-13,18-19H2,1-11H3. The van der Waals surface area contributed by atoms with Gasteiger partial charge in [-0.05, 0) is 62.0 Å². The number of ether oxygens (including phenoxy) is 4. The molecule has 0 saturated carbocycles. The normalized spacial score (nSPS) is 12.4. The van der Waals surface area contributed by atoms with Gasteiger partial charge in [0.1, 0.15) is 11.5 Å². The minimum Gasteiger partial charge on any atom is -0.467 e. The Labute approximate surface area is 209 Å². The summed E-state index contributed by atoms with van der Waals surface area (Å²) in [5, 5.41) is 2.51.